The summed E-state index contributed by atoms with van der Waals surface area (Å²) in [5.41, 5.74) is 3.70. The normalized spacial score (nSPS) is 26.7. The SMILES string of the molecule is O=C1c2ccc(C#CC3CC4(C3)OCCO4)cc2C(=O)N1C1CCONO1. The molecule has 8 heteroatoms. The fraction of sp³-hybridized carbons (Fsp3) is 0.474. The van der Waals surface area contributed by atoms with Crippen LogP contribution in [0.5, 0.6) is 0 Å². The van der Waals surface area contributed by atoms with Crippen LogP contribution in [0.25, 0.3) is 0 Å². The molecule has 0 bridgehead atoms. The molecule has 8 nitrogen and oxygen atoms in total. The summed E-state index contributed by atoms with van der Waals surface area (Å²) in [7, 11) is 0. The highest BCUT2D eigenvalue weighted by molar-refractivity contribution is 6.21. The maximum absolute atomic E-state index is 12.7. The molecule has 1 aliphatic carbocycles. The van der Waals surface area contributed by atoms with E-state index in [1.807, 2.05) is 0 Å². The van der Waals surface area contributed by atoms with Gasteiger partial charge in [0.2, 0.25) is 0 Å². The molecule has 4 aliphatic rings. The van der Waals surface area contributed by atoms with Crippen molar-refractivity contribution in [2.75, 3.05) is 19.8 Å². The van der Waals surface area contributed by atoms with E-state index in [1.165, 1.54) is 0 Å². The molecular formula is C19H18N2O6. The van der Waals surface area contributed by atoms with Crippen molar-refractivity contribution in [1.82, 2.24) is 10.5 Å². The number of amides is 2. The highest BCUT2D eigenvalue weighted by Crippen LogP contribution is 2.43. The van der Waals surface area contributed by atoms with Crippen molar-refractivity contribution in [3.8, 4) is 11.8 Å². The lowest BCUT2D eigenvalue weighted by Gasteiger charge is -2.40. The van der Waals surface area contributed by atoms with Crippen LogP contribution < -0.4 is 5.64 Å². The molecule has 1 aromatic rings. The van der Waals surface area contributed by atoms with Crippen LogP contribution in [0.15, 0.2) is 18.2 Å². The van der Waals surface area contributed by atoms with Gasteiger partial charge in [0, 0.05) is 30.7 Å². The van der Waals surface area contributed by atoms with Crippen molar-refractivity contribution in [1.29, 1.82) is 0 Å². The Morgan fingerprint density at radius 2 is 1.85 bits per heavy atom. The predicted molar refractivity (Wildman–Crippen MR) is 89.8 cm³/mol. The van der Waals surface area contributed by atoms with Crippen molar-refractivity contribution in [2.45, 2.75) is 31.3 Å². The number of benzene rings is 1. The van der Waals surface area contributed by atoms with Crippen LogP contribution in [0.2, 0.25) is 0 Å². The Labute approximate surface area is 155 Å². The molecule has 1 atom stereocenters. The van der Waals surface area contributed by atoms with Gasteiger partial charge in [-0.2, -0.15) is 0 Å². The molecule has 27 heavy (non-hydrogen) atoms. The molecule has 0 radical (unpaired) electrons. The van der Waals surface area contributed by atoms with Crippen molar-refractivity contribution in [2.24, 2.45) is 5.92 Å². The minimum absolute atomic E-state index is 0.215. The van der Waals surface area contributed by atoms with Gasteiger partial charge in [-0.1, -0.05) is 17.5 Å². The third kappa shape index (κ3) is 2.84. The van der Waals surface area contributed by atoms with Gasteiger partial charge in [-0.3, -0.25) is 19.3 Å². The number of imide groups is 1. The van der Waals surface area contributed by atoms with Crippen LogP contribution in [-0.2, 0) is 19.1 Å². The number of nitrogens with one attached hydrogen (secondary N) is 1. The number of nitrogens with zero attached hydrogens (tertiary/aromatic N) is 1. The van der Waals surface area contributed by atoms with Gasteiger partial charge in [-0.15, -0.1) is 0 Å². The molecule has 2 saturated heterocycles. The average Bonchev–Trinajstić information content (AvgIpc) is 3.24. The minimum Gasteiger partial charge on any atom is -0.347 e. The molecule has 5 rings (SSSR count). The monoisotopic (exact) mass is 370 g/mol. The summed E-state index contributed by atoms with van der Waals surface area (Å²) in [5, 5.41) is 0. The number of carbonyl (C=O) groups excluding carboxylic acids is 2. The summed E-state index contributed by atoms with van der Waals surface area (Å²) in [6.07, 6.45) is 1.27. The summed E-state index contributed by atoms with van der Waals surface area (Å²) in [5.74, 6) is 5.38. The second-order valence-corrected chi connectivity index (χ2v) is 7.02. The summed E-state index contributed by atoms with van der Waals surface area (Å²) >= 11 is 0. The van der Waals surface area contributed by atoms with E-state index in [2.05, 4.69) is 17.5 Å². The van der Waals surface area contributed by atoms with Crippen molar-refractivity contribution >= 4 is 11.8 Å². The van der Waals surface area contributed by atoms with Crippen molar-refractivity contribution in [3.63, 3.8) is 0 Å². The van der Waals surface area contributed by atoms with Gasteiger partial charge in [0.25, 0.3) is 11.8 Å². The topological polar surface area (TPSA) is 86.3 Å². The molecular weight excluding hydrogens is 352 g/mol. The van der Waals surface area contributed by atoms with E-state index in [1.54, 1.807) is 18.2 Å². The first-order valence-corrected chi connectivity index (χ1v) is 8.99. The predicted octanol–water partition coefficient (Wildman–Crippen LogP) is 0.970. The Morgan fingerprint density at radius 1 is 1.07 bits per heavy atom. The Balaban J connectivity index is 1.32. The quantitative estimate of drug-likeness (QED) is 0.582. The van der Waals surface area contributed by atoms with E-state index in [-0.39, 0.29) is 17.7 Å². The van der Waals surface area contributed by atoms with Gasteiger partial charge in [0.15, 0.2) is 12.0 Å². The lowest BCUT2D eigenvalue weighted by Crippen LogP contribution is -2.47. The first-order valence-electron chi connectivity index (χ1n) is 8.99. The lowest BCUT2D eigenvalue weighted by molar-refractivity contribution is -0.259. The molecule has 3 heterocycles. The van der Waals surface area contributed by atoms with Gasteiger partial charge in [0.05, 0.1) is 30.9 Å². The van der Waals surface area contributed by atoms with Gasteiger partial charge >= 0.3 is 0 Å². The molecule has 3 aliphatic heterocycles. The van der Waals surface area contributed by atoms with Crippen LogP contribution in [0.4, 0.5) is 0 Å². The van der Waals surface area contributed by atoms with Crippen molar-refractivity contribution < 1.29 is 28.7 Å². The Kier molecular flexibility index (Phi) is 4.00. The zero-order chi connectivity index (χ0) is 18.4. The van der Waals surface area contributed by atoms with Crippen LogP contribution >= 0.6 is 0 Å². The fourth-order valence-corrected chi connectivity index (χ4v) is 3.84. The van der Waals surface area contributed by atoms with Crippen LogP contribution in [-0.4, -0.2) is 48.5 Å². The molecule has 1 unspecified atom stereocenters. The molecule has 1 aromatic carbocycles. The number of hydrogen-bond acceptors (Lipinski definition) is 7. The number of rotatable bonds is 1. The largest absolute Gasteiger partial charge is 0.347 e. The Bertz CT molecular complexity index is 853. The van der Waals surface area contributed by atoms with E-state index in [9.17, 15) is 9.59 Å². The third-order valence-electron chi connectivity index (χ3n) is 5.26. The average molecular weight is 370 g/mol. The molecule has 1 N–H and O–H groups in total. The smallest absolute Gasteiger partial charge is 0.263 e. The number of hydrogen-bond donors (Lipinski definition) is 1. The van der Waals surface area contributed by atoms with Crippen LogP contribution in [0.1, 0.15) is 45.5 Å². The number of fused-ring (bicyclic) bond motifs is 1. The van der Waals surface area contributed by atoms with E-state index in [0.29, 0.717) is 42.9 Å². The summed E-state index contributed by atoms with van der Waals surface area (Å²) in [6, 6.07) is 5.09. The molecule has 2 amide bonds. The minimum atomic E-state index is -0.682. The van der Waals surface area contributed by atoms with Gasteiger partial charge in [-0.05, 0) is 18.2 Å². The molecule has 1 spiro atoms. The van der Waals surface area contributed by atoms with E-state index >= 15 is 0 Å². The highest BCUT2D eigenvalue weighted by atomic mass is 16.9. The highest BCUT2D eigenvalue weighted by Gasteiger charge is 2.48. The summed E-state index contributed by atoms with van der Waals surface area (Å²) in [6.45, 7) is 1.64. The van der Waals surface area contributed by atoms with Gasteiger partial charge in [-0.25, -0.2) is 4.90 Å². The molecule has 1 saturated carbocycles. The Hall–Kier alpha value is -2.28. The Morgan fingerprint density at radius 3 is 2.59 bits per heavy atom. The summed E-state index contributed by atoms with van der Waals surface area (Å²) < 4.78 is 11.2. The van der Waals surface area contributed by atoms with E-state index in [4.69, 9.17) is 19.1 Å². The number of ether oxygens (including phenoxy) is 2. The molecule has 140 valence electrons. The maximum Gasteiger partial charge on any atom is 0.263 e. The first-order chi connectivity index (χ1) is 13.2. The zero-order valence-electron chi connectivity index (χ0n) is 14.5. The van der Waals surface area contributed by atoms with Crippen LogP contribution in [0, 0.1) is 17.8 Å². The van der Waals surface area contributed by atoms with E-state index < -0.39 is 12.0 Å². The second-order valence-electron chi connectivity index (χ2n) is 7.02. The third-order valence-corrected chi connectivity index (χ3v) is 5.26. The summed E-state index contributed by atoms with van der Waals surface area (Å²) in [4.78, 5) is 36.5. The van der Waals surface area contributed by atoms with Crippen molar-refractivity contribution in [3.05, 3.63) is 34.9 Å². The number of carbonyl (C=O) groups is 2. The fourth-order valence-electron chi connectivity index (χ4n) is 3.84. The molecule has 0 aromatic heterocycles. The first kappa shape index (κ1) is 16.9. The second kappa shape index (κ2) is 6.41. The molecule has 3 fully saturated rings. The van der Waals surface area contributed by atoms with Crippen LogP contribution in [0.3, 0.4) is 0 Å². The van der Waals surface area contributed by atoms with E-state index in [0.717, 1.165) is 17.7 Å². The zero-order valence-corrected chi connectivity index (χ0v) is 14.5. The van der Waals surface area contributed by atoms with Gasteiger partial charge < -0.3 is 9.47 Å². The standard InChI is InChI=1S/C19H18N2O6/c22-17-14-4-3-12(1-2-13-10-19(11-13)24-7-8-25-19)9-15(14)18(23)21(17)16-5-6-26-20-27-16/h3-4,9,13,16,20H,5-8,10-11H2. The lowest BCUT2D eigenvalue weighted by atomic mass is 9.79. The van der Waals surface area contributed by atoms with Gasteiger partial charge in [0.1, 0.15) is 0 Å². The maximum atomic E-state index is 12.7.